The minimum atomic E-state index is -4.45. The van der Waals surface area contributed by atoms with Gasteiger partial charge < -0.3 is 9.84 Å². The van der Waals surface area contributed by atoms with Gasteiger partial charge in [-0.2, -0.15) is 8.42 Å². The number of hydrogen-bond donors (Lipinski definition) is 2. The van der Waals surface area contributed by atoms with Crippen molar-refractivity contribution in [2.75, 3.05) is 0 Å². The van der Waals surface area contributed by atoms with E-state index >= 15 is 0 Å². The van der Waals surface area contributed by atoms with Crippen LogP contribution in [0.5, 0.6) is 17.2 Å². The molecule has 0 saturated carbocycles. The van der Waals surface area contributed by atoms with Crippen LogP contribution in [0.4, 0.5) is 0 Å². The van der Waals surface area contributed by atoms with Crippen molar-refractivity contribution >= 4 is 10.1 Å². The van der Waals surface area contributed by atoms with E-state index in [2.05, 4.69) is 6.92 Å². The van der Waals surface area contributed by atoms with Crippen LogP contribution in [0.2, 0.25) is 0 Å². The number of rotatable bonds is 9. The van der Waals surface area contributed by atoms with Crippen LogP contribution in [0, 0.1) is 0 Å². The molecule has 0 fully saturated rings. The summed E-state index contributed by atoms with van der Waals surface area (Å²) in [5, 5.41) is 9.82. The fourth-order valence-corrected chi connectivity index (χ4v) is 3.58. The van der Waals surface area contributed by atoms with Crippen molar-refractivity contribution in [2.45, 2.75) is 50.3 Å². The Hall–Kier alpha value is -2.05. The lowest BCUT2D eigenvalue weighted by molar-refractivity contribution is 0.401. The van der Waals surface area contributed by atoms with Crippen molar-refractivity contribution in [2.24, 2.45) is 0 Å². The number of benzene rings is 2. The summed E-state index contributed by atoms with van der Waals surface area (Å²) in [5.41, 5.74) is 0.520. The summed E-state index contributed by atoms with van der Waals surface area (Å²) in [4.78, 5) is -0.228. The number of unbranched alkanes of at least 4 members (excludes halogenated alkanes) is 4. The van der Waals surface area contributed by atoms with E-state index in [0.29, 0.717) is 12.0 Å². The monoisotopic (exact) mass is 364 g/mol. The topological polar surface area (TPSA) is 83.8 Å². The molecule has 136 valence electrons. The zero-order chi connectivity index (χ0) is 18.3. The molecule has 0 spiro atoms. The summed E-state index contributed by atoms with van der Waals surface area (Å²) in [6.45, 7) is 2.14. The molecule has 2 N–H and O–H groups in total. The number of para-hydroxylation sites is 2. The van der Waals surface area contributed by atoms with Gasteiger partial charge in [-0.1, -0.05) is 56.9 Å². The average Bonchev–Trinajstić information content (AvgIpc) is 2.56. The molecule has 25 heavy (non-hydrogen) atoms. The Labute approximate surface area is 149 Å². The first-order chi connectivity index (χ1) is 11.9. The van der Waals surface area contributed by atoms with E-state index in [-0.39, 0.29) is 22.1 Å². The van der Waals surface area contributed by atoms with Crippen LogP contribution in [0.25, 0.3) is 0 Å². The fraction of sp³-hybridized carbons (Fsp3) is 0.368. The second kappa shape index (κ2) is 8.87. The predicted molar refractivity (Wildman–Crippen MR) is 96.9 cm³/mol. The first-order valence-corrected chi connectivity index (χ1v) is 9.92. The van der Waals surface area contributed by atoms with Gasteiger partial charge in [-0.25, -0.2) is 0 Å². The molecule has 2 aromatic rings. The van der Waals surface area contributed by atoms with Crippen LogP contribution >= 0.6 is 0 Å². The number of phenols is 1. The molecule has 0 amide bonds. The van der Waals surface area contributed by atoms with Crippen molar-refractivity contribution in [1.29, 1.82) is 0 Å². The third-order valence-corrected chi connectivity index (χ3v) is 4.93. The second-order valence-corrected chi connectivity index (χ2v) is 7.31. The van der Waals surface area contributed by atoms with E-state index in [1.807, 2.05) is 0 Å². The molecule has 0 atom stereocenters. The maximum atomic E-state index is 11.9. The number of aryl methyl sites for hydroxylation is 1. The van der Waals surface area contributed by atoms with E-state index in [4.69, 9.17) is 4.74 Å². The van der Waals surface area contributed by atoms with Gasteiger partial charge in [0.05, 0.1) is 0 Å². The molecule has 0 saturated heterocycles. The lowest BCUT2D eigenvalue weighted by Crippen LogP contribution is -2.06. The summed E-state index contributed by atoms with van der Waals surface area (Å²) >= 11 is 0. The maximum absolute atomic E-state index is 11.9. The van der Waals surface area contributed by atoms with Gasteiger partial charge >= 0.3 is 0 Å². The molecule has 2 rings (SSSR count). The molecule has 0 heterocycles. The lowest BCUT2D eigenvalue weighted by atomic mass is 10.1. The zero-order valence-corrected chi connectivity index (χ0v) is 15.1. The quantitative estimate of drug-likeness (QED) is 0.486. The Morgan fingerprint density at radius 1 is 0.920 bits per heavy atom. The fourth-order valence-electron chi connectivity index (χ4n) is 2.71. The average molecular weight is 364 g/mol. The highest BCUT2D eigenvalue weighted by Crippen LogP contribution is 2.35. The van der Waals surface area contributed by atoms with E-state index < -0.39 is 10.1 Å². The molecule has 0 unspecified atom stereocenters. The molecule has 0 aliphatic rings. The SMILES string of the molecule is CCCCCCCc1cccc(Oc2ccccc2O)c1S(=O)(=O)O. The Balaban J connectivity index is 2.28. The highest BCUT2D eigenvalue weighted by atomic mass is 32.2. The van der Waals surface area contributed by atoms with Crippen molar-refractivity contribution in [3.8, 4) is 17.2 Å². The van der Waals surface area contributed by atoms with Crippen molar-refractivity contribution in [3.63, 3.8) is 0 Å². The zero-order valence-electron chi connectivity index (χ0n) is 14.3. The van der Waals surface area contributed by atoms with Crippen LogP contribution < -0.4 is 4.74 Å². The third-order valence-electron chi connectivity index (χ3n) is 3.95. The lowest BCUT2D eigenvalue weighted by Gasteiger charge is -2.14. The Morgan fingerprint density at radius 2 is 1.60 bits per heavy atom. The highest BCUT2D eigenvalue weighted by molar-refractivity contribution is 7.86. The summed E-state index contributed by atoms with van der Waals surface area (Å²) < 4.78 is 39.0. The van der Waals surface area contributed by atoms with Gasteiger partial charge in [0.2, 0.25) is 0 Å². The highest BCUT2D eigenvalue weighted by Gasteiger charge is 2.22. The van der Waals surface area contributed by atoms with Gasteiger partial charge in [0.15, 0.2) is 11.5 Å². The van der Waals surface area contributed by atoms with Gasteiger partial charge in [-0.15, -0.1) is 0 Å². The number of aromatic hydroxyl groups is 1. The Morgan fingerprint density at radius 3 is 2.28 bits per heavy atom. The van der Waals surface area contributed by atoms with Gasteiger partial charge in [0.25, 0.3) is 10.1 Å². The summed E-state index contributed by atoms with van der Waals surface area (Å²) in [6.07, 6.45) is 5.77. The Bertz CT molecular complexity index is 799. The van der Waals surface area contributed by atoms with Crippen LogP contribution in [0.1, 0.15) is 44.6 Å². The first kappa shape index (κ1) is 19.3. The standard InChI is InChI=1S/C19H24O5S/c1-2-3-4-5-6-10-15-11-9-14-18(19(15)25(21,22)23)24-17-13-8-7-12-16(17)20/h7-9,11-14,20H,2-6,10H2,1H3,(H,21,22,23). The summed E-state index contributed by atoms with van der Waals surface area (Å²) in [7, 11) is -4.45. The maximum Gasteiger partial charge on any atom is 0.298 e. The van der Waals surface area contributed by atoms with E-state index in [1.54, 1.807) is 24.3 Å². The molecule has 2 aromatic carbocycles. The van der Waals surface area contributed by atoms with Gasteiger partial charge in [0, 0.05) is 0 Å². The largest absolute Gasteiger partial charge is 0.504 e. The second-order valence-electron chi connectivity index (χ2n) is 5.95. The molecule has 0 bridgehead atoms. The number of ether oxygens (including phenoxy) is 1. The van der Waals surface area contributed by atoms with E-state index in [0.717, 1.165) is 32.1 Å². The number of phenolic OH excluding ortho intramolecular Hbond substituents is 1. The molecular formula is C19H24O5S. The summed E-state index contributed by atoms with van der Waals surface area (Å²) in [6, 6.07) is 11.1. The molecule has 5 nitrogen and oxygen atoms in total. The molecular weight excluding hydrogens is 340 g/mol. The van der Waals surface area contributed by atoms with Crippen LogP contribution in [0.15, 0.2) is 47.4 Å². The van der Waals surface area contributed by atoms with Crippen molar-refractivity contribution < 1.29 is 22.8 Å². The Kier molecular flexibility index (Phi) is 6.84. The predicted octanol–water partition coefficient (Wildman–Crippen LogP) is 4.94. The molecule has 0 aliphatic heterocycles. The number of hydrogen-bond acceptors (Lipinski definition) is 4. The first-order valence-electron chi connectivity index (χ1n) is 8.48. The molecule has 6 heteroatoms. The normalized spacial score (nSPS) is 11.4. The third kappa shape index (κ3) is 5.47. The van der Waals surface area contributed by atoms with E-state index in [9.17, 15) is 18.1 Å². The van der Waals surface area contributed by atoms with Crippen LogP contribution in [-0.4, -0.2) is 18.1 Å². The van der Waals surface area contributed by atoms with Gasteiger partial charge in [-0.05, 0) is 36.6 Å². The van der Waals surface area contributed by atoms with Crippen molar-refractivity contribution in [1.82, 2.24) is 0 Å². The van der Waals surface area contributed by atoms with Crippen LogP contribution in [0.3, 0.4) is 0 Å². The molecule has 0 radical (unpaired) electrons. The summed E-state index contributed by atoms with van der Waals surface area (Å²) in [5.74, 6) is 0.0383. The minimum absolute atomic E-state index is 0.00931. The van der Waals surface area contributed by atoms with Crippen LogP contribution in [-0.2, 0) is 16.5 Å². The molecule has 0 aromatic heterocycles. The smallest absolute Gasteiger partial charge is 0.298 e. The van der Waals surface area contributed by atoms with Crippen molar-refractivity contribution in [3.05, 3.63) is 48.0 Å². The van der Waals surface area contributed by atoms with E-state index in [1.165, 1.54) is 18.2 Å². The van der Waals surface area contributed by atoms with Gasteiger partial charge in [-0.3, -0.25) is 4.55 Å². The van der Waals surface area contributed by atoms with Gasteiger partial charge in [0.1, 0.15) is 10.6 Å². The minimum Gasteiger partial charge on any atom is -0.504 e. The molecule has 0 aliphatic carbocycles.